The summed E-state index contributed by atoms with van der Waals surface area (Å²) in [5, 5.41) is 4.14. The lowest BCUT2D eigenvalue weighted by Crippen LogP contribution is -2.52. The number of hydrogen-bond donors (Lipinski definition) is 0. The van der Waals surface area contributed by atoms with Gasteiger partial charge in [-0.2, -0.15) is 18.3 Å². The molecule has 13 heteroatoms. The van der Waals surface area contributed by atoms with E-state index >= 15 is 0 Å². The lowest BCUT2D eigenvalue weighted by molar-refractivity contribution is -0.141. The van der Waals surface area contributed by atoms with Crippen molar-refractivity contribution in [3.8, 4) is 11.3 Å². The summed E-state index contributed by atoms with van der Waals surface area (Å²) >= 11 is 0. The Morgan fingerprint density at radius 3 is 2.23 bits per heavy atom. The molecule has 2 aromatic heterocycles. The van der Waals surface area contributed by atoms with E-state index in [2.05, 4.69) is 15.1 Å². The topological polar surface area (TPSA) is 96.7 Å². The Hall–Kier alpha value is -3.38. The number of hydrogen-bond acceptors (Lipinski definition) is 7. The van der Waals surface area contributed by atoms with Crippen molar-refractivity contribution in [1.82, 2.24) is 29.5 Å². The van der Waals surface area contributed by atoms with Crippen LogP contribution < -0.4 is 4.90 Å². The Balaban J connectivity index is 1.40. The van der Waals surface area contributed by atoms with Gasteiger partial charge >= 0.3 is 12.3 Å². The van der Waals surface area contributed by atoms with E-state index in [-0.39, 0.29) is 24.1 Å². The summed E-state index contributed by atoms with van der Waals surface area (Å²) in [6.45, 7) is 7.92. The summed E-state index contributed by atoms with van der Waals surface area (Å²) in [7, 11) is 0. The molecule has 0 spiro atoms. The van der Waals surface area contributed by atoms with E-state index in [1.54, 1.807) is 35.5 Å². The van der Waals surface area contributed by atoms with Gasteiger partial charge in [-0.25, -0.2) is 14.8 Å². The first kappa shape index (κ1) is 24.7. The fraction of sp³-hybridized carbons (Fsp3) is 0.591. The van der Waals surface area contributed by atoms with Crippen LogP contribution in [0.4, 0.5) is 23.9 Å². The second kappa shape index (κ2) is 9.34. The minimum atomic E-state index is -4.61. The highest BCUT2D eigenvalue weighted by Crippen LogP contribution is 2.32. The van der Waals surface area contributed by atoms with E-state index in [1.807, 2.05) is 0 Å². The van der Waals surface area contributed by atoms with Crippen LogP contribution in [0, 0.1) is 0 Å². The summed E-state index contributed by atoms with van der Waals surface area (Å²) < 4.78 is 46.9. The quantitative estimate of drug-likeness (QED) is 0.643. The monoisotopic (exact) mass is 495 g/mol. The smallest absolute Gasteiger partial charge is 0.433 e. The van der Waals surface area contributed by atoms with Crippen LogP contribution in [0.1, 0.15) is 32.9 Å². The van der Waals surface area contributed by atoms with Crippen molar-refractivity contribution >= 4 is 17.9 Å². The zero-order chi connectivity index (χ0) is 25.4. The van der Waals surface area contributed by atoms with Gasteiger partial charge in [0.15, 0.2) is 5.69 Å². The number of anilines is 1. The van der Waals surface area contributed by atoms with Crippen molar-refractivity contribution in [1.29, 1.82) is 0 Å². The second-order valence-corrected chi connectivity index (χ2v) is 9.55. The molecule has 10 nitrogen and oxygen atoms in total. The van der Waals surface area contributed by atoms with Gasteiger partial charge in [-0.05, 0) is 33.3 Å². The predicted octanol–water partition coefficient (Wildman–Crippen LogP) is 2.65. The maximum absolute atomic E-state index is 13.4. The SMILES string of the molecule is CC(C)(C)OC(=O)N1CCN(C(=O)Cn2cc(-c3cc(C(F)(F)F)nc(N4CCC4)n3)cn2)CC1. The number of piperazine rings is 1. The minimum absolute atomic E-state index is 0.0350. The molecule has 35 heavy (non-hydrogen) atoms. The van der Waals surface area contributed by atoms with E-state index in [4.69, 9.17) is 4.74 Å². The van der Waals surface area contributed by atoms with Crippen molar-refractivity contribution in [2.45, 2.75) is 45.5 Å². The molecule has 0 radical (unpaired) electrons. The molecule has 0 atom stereocenters. The Labute approximate surface area is 200 Å². The van der Waals surface area contributed by atoms with Gasteiger partial charge in [-0.15, -0.1) is 0 Å². The van der Waals surface area contributed by atoms with Gasteiger partial charge in [-0.3, -0.25) is 9.48 Å². The van der Waals surface area contributed by atoms with Gasteiger partial charge in [0.1, 0.15) is 12.1 Å². The lowest BCUT2D eigenvalue weighted by atomic mass is 10.2. The fourth-order valence-corrected chi connectivity index (χ4v) is 3.67. The summed E-state index contributed by atoms with van der Waals surface area (Å²) in [5.41, 5.74) is -1.15. The molecule has 0 aliphatic carbocycles. The van der Waals surface area contributed by atoms with E-state index in [1.165, 1.54) is 17.1 Å². The average Bonchev–Trinajstić information content (AvgIpc) is 3.19. The fourth-order valence-electron chi connectivity index (χ4n) is 3.67. The Bertz CT molecular complexity index is 1080. The predicted molar refractivity (Wildman–Crippen MR) is 119 cm³/mol. The van der Waals surface area contributed by atoms with Gasteiger partial charge in [0.25, 0.3) is 0 Å². The average molecular weight is 496 g/mol. The Morgan fingerprint density at radius 1 is 1.00 bits per heavy atom. The molecule has 0 bridgehead atoms. The standard InChI is InChI=1S/C22H28F3N7O3/c1-21(2,3)35-20(34)31-9-7-29(8-10-31)18(33)14-32-13-15(12-26-32)16-11-17(22(23,24)25)28-19(27-16)30-5-4-6-30/h11-13H,4-10,14H2,1-3H3. The van der Waals surface area contributed by atoms with Crippen LogP contribution in [-0.4, -0.2) is 86.4 Å². The molecule has 190 valence electrons. The normalized spacial score (nSPS) is 16.8. The van der Waals surface area contributed by atoms with Crippen molar-refractivity contribution in [2.24, 2.45) is 0 Å². The van der Waals surface area contributed by atoms with Crippen molar-refractivity contribution in [3.05, 3.63) is 24.2 Å². The maximum atomic E-state index is 13.4. The Morgan fingerprint density at radius 2 is 1.66 bits per heavy atom. The van der Waals surface area contributed by atoms with Crippen LogP contribution in [0.15, 0.2) is 18.5 Å². The van der Waals surface area contributed by atoms with Crippen LogP contribution in [0.25, 0.3) is 11.3 Å². The molecule has 2 fully saturated rings. The van der Waals surface area contributed by atoms with E-state index < -0.39 is 23.6 Å². The van der Waals surface area contributed by atoms with Crippen molar-refractivity contribution < 1.29 is 27.5 Å². The number of nitrogens with zero attached hydrogens (tertiary/aromatic N) is 7. The minimum Gasteiger partial charge on any atom is -0.444 e. The number of carbonyl (C=O) groups is 2. The largest absolute Gasteiger partial charge is 0.444 e. The third-order valence-corrected chi connectivity index (χ3v) is 5.65. The first-order valence-corrected chi connectivity index (χ1v) is 11.4. The number of ether oxygens (including phenoxy) is 1. The molecule has 0 N–H and O–H groups in total. The van der Waals surface area contributed by atoms with E-state index in [0.29, 0.717) is 44.8 Å². The third-order valence-electron chi connectivity index (χ3n) is 5.65. The second-order valence-electron chi connectivity index (χ2n) is 9.55. The summed E-state index contributed by atoms with van der Waals surface area (Å²) in [6.07, 6.45) is -1.26. The molecule has 2 aliphatic rings. The van der Waals surface area contributed by atoms with Crippen LogP contribution >= 0.6 is 0 Å². The summed E-state index contributed by atoms with van der Waals surface area (Å²) in [5.74, 6) is -0.170. The number of aromatic nitrogens is 4. The molecule has 2 aliphatic heterocycles. The zero-order valence-electron chi connectivity index (χ0n) is 19.9. The molecular formula is C22H28F3N7O3. The van der Waals surface area contributed by atoms with E-state index in [0.717, 1.165) is 12.5 Å². The molecular weight excluding hydrogens is 467 g/mol. The molecule has 4 heterocycles. The molecule has 0 aromatic carbocycles. The summed E-state index contributed by atoms with van der Waals surface area (Å²) in [4.78, 5) is 37.8. The van der Waals surface area contributed by atoms with Crippen LogP contribution in [0.5, 0.6) is 0 Å². The van der Waals surface area contributed by atoms with E-state index in [9.17, 15) is 22.8 Å². The van der Waals surface area contributed by atoms with Crippen molar-refractivity contribution in [3.63, 3.8) is 0 Å². The maximum Gasteiger partial charge on any atom is 0.433 e. The van der Waals surface area contributed by atoms with Crippen LogP contribution in [-0.2, 0) is 22.3 Å². The van der Waals surface area contributed by atoms with Crippen LogP contribution in [0.2, 0.25) is 0 Å². The molecule has 0 unspecified atom stereocenters. The molecule has 2 saturated heterocycles. The molecule has 4 rings (SSSR count). The highest BCUT2D eigenvalue weighted by Gasteiger charge is 2.35. The van der Waals surface area contributed by atoms with Crippen LogP contribution in [0.3, 0.4) is 0 Å². The highest BCUT2D eigenvalue weighted by molar-refractivity contribution is 5.77. The molecule has 2 aromatic rings. The van der Waals surface area contributed by atoms with Gasteiger partial charge in [0.05, 0.1) is 11.9 Å². The zero-order valence-corrected chi connectivity index (χ0v) is 19.9. The third kappa shape index (κ3) is 6.01. The van der Waals surface area contributed by atoms with Gasteiger partial charge in [0.2, 0.25) is 11.9 Å². The Kier molecular flexibility index (Phi) is 6.60. The number of halogens is 3. The number of rotatable bonds is 4. The van der Waals surface area contributed by atoms with Gasteiger partial charge < -0.3 is 19.4 Å². The number of carbonyl (C=O) groups excluding carboxylic acids is 2. The molecule has 0 saturated carbocycles. The van der Waals surface area contributed by atoms with Gasteiger partial charge in [-0.1, -0.05) is 0 Å². The molecule has 2 amide bonds. The number of alkyl halides is 3. The highest BCUT2D eigenvalue weighted by atomic mass is 19.4. The first-order chi connectivity index (χ1) is 16.4. The van der Waals surface area contributed by atoms with Crippen molar-refractivity contribution in [2.75, 3.05) is 44.2 Å². The summed E-state index contributed by atoms with van der Waals surface area (Å²) in [6, 6.07) is 0.891. The lowest BCUT2D eigenvalue weighted by Gasteiger charge is -2.35. The number of amides is 2. The first-order valence-electron chi connectivity index (χ1n) is 11.4. The van der Waals surface area contributed by atoms with Gasteiger partial charge in [0, 0.05) is 51.0 Å².